The van der Waals surface area contributed by atoms with Gasteiger partial charge in [0.15, 0.2) is 0 Å². The van der Waals surface area contributed by atoms with Crippen molar-refractivity contribution in [2.75, 3.05) is 26.8 Å². The zero-order valence-electron chi connectivity index (χ0n) is 10.9. The van der Waals surface area contributed by atoms with Crippen LogP contribution in [0.4, 0.5) is 0 Å². The maximum Gasteiger partial charge on any atom is 0.239 e. The summed E-state index contributed by atoms with van der Waals surface area (Å²) in [5.41, 5.74) is 5.83. The van der Waals surface area contributed by atoms with Crippen LogP contribution in [-0.4, -0.2) is 44.7 Å². The van der Waals surface area contributed by atoms with Gasteiger partial charge in [0.25, 0.3) is 0 Å². The van der Waals surface area contributed by atoms with Gasteiger partial charge in [-0.25, -0.2) is 0 Å². The molecule has 2 unspecified atom stereocenters. The van der Waals surface area contributed by atoms with Crippen LogP contribution in [0.25, 0.3) is 0 Å². The van der Waals surface area contributed by atoms with Gasteiger partial charge in [-0.3, -0.25) is 9.59 Å². The summed E-state index contributed by atoms with van der Waals surface area (Å²) in [6.45, 7) is 0.949. The summed E-state index contributed by atoms with van der Waals surface area (Å²) >= 11 is 0. The molecule has 0 aromatic heterocycles. The van der Waals surface area contributed by atoms with E-state index in [4.69, 9.17) is 10.5 Å². The molecule has 1 aliphatic carbocycles. The van der Waals surface area contributed by atoms with Crippen molar-refractivity contribution in [2.45, 2.75) is 31.7 Å². The summed E-state index contributed by atoms with van der Waals surface area (Å²) in [4.78, 5) is 23.2. The average Bonchev–Trinajstić information content (AvgIpc) is 2.36. The van der Waals surface area contributed by atoms with Gasteiger partial charge in [0.2, 0.25) is 11.8 Å². The number of ether oxygens (including phenoxy) is 1. The third-order valence-electron chi connectivity index (χ3n) is 3.14. The Bertz CT molecular complexity index is 284. The number of carbonyl (C=O) groups excluding carboxylic acids is 2. The van der Waals surface area contributed by atoms with E-state index in [1.165, 1.54) is 0 Å². The smallest absolute Gasteiger partial charge is 0.239 e. The number of rotatable bonds is 6. The Morgan fingerprint density at radius 2 is 2.11 bits per heavy atom. The van der Waals surface area contributed by atoms with Crippen LogP contribution in [0.2, 0.25) is 0 Å². The largest absolute Gasteiger partial charge is 0.383 e. The van der Waals surface area contributed by atoms with Gasteiger partial charge in [-0.15, -0.1) is 0 Å². The molecule has 4 N–H and O–H groups in total. The van der Waals surface area contributed by atoms with Crippen molar-refractivity contribution in [3.63, 3.8) is 0 Å². The lowest BCUT2D eigenvalue weighted by Crippen LogP contribution is -2.42. The van der Waals surface area contributed by atoms with Crippen LogP contribution in [0.15, 0.2) is 0 Å². The van der Waals surface area contributed by atoms with Crippen LogP contribution in [-0.2, 0) is 14.3 Å². The number of nitrogens with one attached hydrogen (secondary N) is 2. The minimum atomic E-state index is -0.194. The highest BCUT2D eigenvalue weighted by molar-refractivity contribution is 5.85. The Morgan fingerprint density at radius 3 is 2.78 bits per heavy atom. The van der Waals surface area contributed by atoms with Gasteiger partial charge in [-0.2, -0.15) is 0 Å². The summed E-state index contributed by atoms with van der Waals surface area (Å²) in [5.74, 6) is -0.298. The van der Waals surface area contributed by atoms with Crippen molar-refractivity contribution in [3.8, 4) is 0 Å². The molecular weight excluding hydrogens is 234 g/mol. The first-order valence-electron chi connectivity index (χ1n) is 6.42. The Labute approximate surface area is 108 Å². The highest BCUT2D eigenvalue weighted by atomic mass is 16.5. The van der Waals surface area contributed by atoms with Crippen LogP contribution in [0.5, 0.6) is 0 Å². The molecule has 1 fully saturated rings. The molecule has 0 spiro atoms. The second kappa shape index (κ2) is 8.05. The number of hydrogen-bond acceptors (Lipinski definition) is 4. The molecule has 1 aliphatic rings. The number of methoxy groups -OCH3 is 1. The van der Waals surface area contributed by atoms with Crippen molar-refractivity contribution in [2.24, 2.45) is 11.7 Å². The zero-order chi connectivity index (χ0) is 13.4. The molecular formula is C12H23N3O3. The number of hydrogen-bond donors (Lipinski definition) is 3. The molecule has 0 radical (unpaired) electrons. The first kappa shape index (κ1) is 14.9. The van der Waals surface area contributed by atoms with Crippen molar-refractivity contribution in [1.29, 1.82) is 0 Å². The van der Waals surface area contributed by atoms with Crippen molar-refractivity contribution in [3.05, 3.63) is 0 Å². The molecule has 0 saturated heterocycles. The zero-order valence-corrected chi connectivity index (χ0v) is 10.9. The van der Waals surface area contributed by atoms with Gasteiger partial charge in [-0.1, -0.05) is 6.42 Å². The molecule has 6 heteroatoms. The molecule has 1 rings (SSSR count). The van der Waals surface area contributed by atoms with E-state index in [2.05, 4.69) is 10.6 Å². The Kier molecular flexibility index (Phi) is 6.67. The van der Waals surface area contributed by atoms with Crippen molar-refractivity contribution < 1.29 is 14.3 Å². The quantitative estimate of drug-likeness (QED) is 0.553. The van der Waals surface area contributed by atoms with E-state index in [9.17, 15) is 9.59 Å². The molecule has 0 aromatic carbocycles. The minimum absolute atomic E-state index is 0.0221. The second-order valence-corrected chi connectivity index (χ2v) is 4.68. The first-order chi connectivity index (χ1) is 8.63. The lowest BCUT2D eigenvalue weighted by Gasteiger charge is -2.25. The first-order valence-corrected chi connectivity index (χ1v) is 6.42. The highest BCUT2D eigenvalue weighted by Gasteiger charge is 2.25. The Hall–Kier alpha value is -1.14. The maximum atomic E-state index is 11.8. The SMILES string of the molecule is COCCNC(=O)CNC(=O)C1CCCC(N)C1. The molecule has 0 bridgehead atoms. The fourth-order valence-corrected chi connectivity index (χ4v) is 2.13. The fourth-order valence-electron chi connectivity index (χ4n) is 2.13. The molecule has 1 saturated carbocycles. The van der Waals surface area contributed by atoms with Gasteiger partial charge in [0.1, 0.15) is 0 Å². The third-order valence-corrected chi connectivity index (χ3v) is 3.14. The molecule has 104 valence electrons. The van der Waals surface area contributed by atoms with Crippen LogP contribution in [0.1, 0.15) is 25.7 Å². The molecule has 2 atom stereocenters. The predicted octanol–water partition coefficient (Wildman–Crippen LogP) is -0.617. The topological polar surface area (TPSA) is 93.5 Å². The normalized spacial score (nSPS) is 23.4. The summed E-state index contributed by atoms with van der Waals surface area (Å²) in [7, 11) is 1.57. The van der Waals surface area contributed by atoms with Crippen LogP contribution in [0.3, 0.4) is 0 Å². The number of nitrogens with two attached hydrogens (primary N) is 1. The summed E-state index contributed by atoms with van der Waals surface area (Å²) in [5, 5.41) is 5.30. The predicted molar refractivity (Wildman–Crippen MR) is 67.8 cm³/mol. The van der Waals surface area contributed by atoms with E-state index >= 15 is 0 Å². The molecule has 0 heterocycles. The van der Waals surface area contributed by atoms with Crippen LogP contribution >= 0.6 is 0 Å². The van der Waals surface area contributed by atoms with Gasteiger partial charge in [-0.05, 0) is 19.3 Å². The number of amides is 2. The monoisotopic (exact) mass is 257 g/mol. The maximum absolute atomic E-state index is 11.8. The van der Waals surface area contributed by atoms with Crippen molar-refractivity contribution >= 4 is 11.8 Å². The van der Waals surface area contributed by atoms with Crippen LogP contribution in [0, 0.1) is 5.92 Å². The average molecular weight is 257 g/mol. The Balaban J connectivity index is 2.17. The minimum Gasteiger partial charge on any atom is -0.383 e. The van der Waals surface area contributed by atoms with E-state index < -0.39 is 0 Å². The van der Waals surface area contributed by atoms with Crippen molar-refractivity contribution in [1.82, 2.24) is 10.6 Å². The van der Waals surface area contributed by atoms with E-state index in [0.717, 1.165) is 25.7 Å². The summed E-state index contributed by atoms with van der Waals surface area (Å²) in [6.07, 6.45) is 3.56. The van der Waals surface area contributed by atoms with E-state index in [0.29, 0.717) is 13.2 Å². The summed E-state index contributed by atoms with van der Waals surface area (Å²) < 4.78 is 4.81. The second-order valence-electron chi connectivity index (χ2n) is 4.68. The lowest BCUT2D eigenvalue weighted by molar-refractivity contribution is -0.129. The van der Waals surface area contributed by atoms with Gasteiger partial charge in [0.05, 0.1) is 13.2 Å². The van der Waals surface area contributed by atoms with Gasteiger partial charge in [0, 0.05) is 25.6 Å². The standard InChI is InChI=1S/C12H23N3O3/c1-18-6-5-14-11(16)8-15-12(17)9-3-2-4-10(13)7-9/h9-10H,2-8,13H2,1H3,(H,14,16)(H,15,17). The Morgan fingerprint density at radius 1 is 1.33 bits per heavy atom. The van der Waals surface area contributed by atoms with Crippen LogP contribution < -0.4 is 16.4 Å². The molecule has 6 nitrogen and oxygen atoms in total. The molecule has 2 amide bonds. The molecule has 0 aromatic rings. The van der Waals surface area contributed by atoms with E-state index in [1.807, 2.05) is 0 Å². The summed E-state index contributed by atoms with van der Waals surface area (Å²) in [6, 6.07) is 0.116. The van der Waals surface area contributed by atoms with Gasteiger partial charge >= 0.3 is 0 Å². The number of carbonyl (C=O) groups is 2. The van der Waals surface area contributed by atoms with E-state index in [-0.39, 0.29) is 30.3 Å². The molecule has 0 aliphatic heterocycles. The highest BCUT2D eigenvalue weighted by Crippen LogP contribution is 2.22. The van der Waals surface area contributed by atoms with Gasteiger partial charge < -0.3 is 21.1 Å². The fraction of sp³-hybridized carbons (Fsp3) is 0.833. The lowest BCUT2D eigenvalue weighted by atomic mass is 9.85. The third kappa shape index (κ3) is 5.46. The van der Waals surface area contributed by atoms with E-state index in [1.54, 1.807) is 7.11 Å². The molecule has 18 heavy (non-hydrogen) atoms.